The molecule has 0 bridgehead atoms. The van der Waals surface area contributed by atoms with Gasteiger partial charge in [0.25, 0.3) is 5.91 Å². The van der Waals surface area contributed by atoms with Crippen LogP contribution in [0.25, 0.3) is 0 Å². The van der Waals surface area contributed by atoms with Crippen molar-refractivity contribution in [1.29, 1.82) is 0 Å². The standard InChI is InChI=1S/C12H13ClN2O4/c1-19-11(17)7-6-10(16)14-15-12(18)8-4-2-3-5-9(8)13/h2-5H,6-7H2,1H3,(H,14,16)(H,15,18). The number of carbonyl (C=O) groups is 3. The molecule has 2 N–H and O–H groups in total. The number of carbonyl (C=O) groups excluding carboxylic acids is 3. The van der Waals surface area contributed by atoms with Crippen LogP contribution in [0, 0.1) is 0 Å². The number of ether oxygens (including phenoxy) is 1. The molecular weight excluding hydrogens is 272 g/mol. The highest BCUT2D eigenvalue weighted by atomic mass is 35.5. The molecule has 1 aromatic carbocycles. The second kappa shape index (κ2) is 7.38. The van der Waals surface area contributed by atoms with Gasteiger partial charge < -0.3 is 4.74 Å². The molecule has 1 aromatic rings. The topological polar surface area (TPSA) is 84.5 Å². The summed E-state index contributed by atoms with van der Waals surface area (Å²) in [6.07, 6.45) is -0.125. The molecule has 0 atom stereocenters. The second-order valence-electron chi connectivity index (χ2n) is 3.56. The van der Waals surface area contributed by atoms with Crippen molar-refractivity contribution >= 4 is 29.4 Å². The van der Waals surface area contributed by atoms with E-state index in [0.717, 1.165) is 0 Å². The summed E-state index contributed by atoms with van der Waals surface area (Å²) in [5, 5.41) is 0.281. The number of benzene rings is 1. The number of rotatable bonds is 4. The average molecular weight is 285 g/mol. The molecule has 0 saturated heterocycles. The Morgan fingerprint density at radius 2 is 1.84 bits per heavy atom. The summed E-state index contributed by atoms with van der Waals surface area (Å²) < 4.78 is 4.39. The van der Waals surface area contributed by atoms with Crippen molar-refractivity contribution in [2.45, 2.75) is 12.8 Å². The molecule has 0 fully saturated rings. The van der Waals surface area contributed by atoms with E-state index in [9.17, 15) is 14.4 Å². The van der Waals surface area contributed by atoms with Crippen molar-refractivity contribution in [3.05, 3.63) is 34.9 Å². The first-order valence-electron chi connectivity index (χ1n) is 5.45. The lowest BCUT2D eigenvalue weighted by Crippen LogP contribution is -2.41. The SMILES string of the molecule is COC(=O)CCC(=O)NNC(=O)c1ccccc1Cl. The monoisotopic (exact) mass is 284 g/mol. The first-order chi connectivity index (χ1) is 9.04. The van der Waals surface area contributed by atoms with E-state index in [-0.39, 0.29) is 23.4 Å². The average Bonchev–Trinajstić information content (AvgIpc) is 2.42. The molecule has 0 aliphatic heterocycles. The van der Waals surface area contributed by atoms with E-state index in [2.05, 4.69) is 15.6 Å². The van der Waals surface area contributed by atoms with E-state index in [1.54, 1.807) is 18.2 Å². The van der Waals surface area contributed by atoms with Crippen molar-refractivity contribution in [1.82, 2.24) is 10.9 Å². The Labute approximate surface area is 115 Å². The van der Waals surface area contributed by atoms with Gasteiger partial charge in [0.15, 0.2) is 0 Å². The lowest BCUT2D eigenvalue weighted by atomic mass is 10.2. The molecule has 2 amide bonds. The highest BCUT2D eigenvalue weighted by molar-refractivity contribution is 6.33. The van der Waals surface area contributed by atoms with Crippen molar-refractivity contribution in [3.8, 4) is 0 Å². The molecule has 0 radical (unpaired) electrons. The number of hydrazine groups is 1. The number of hydrogen-bond acceptors (Lipinski definition) is 4. The van der Waals surface area contributed by atoms with Crippen LogP contribution in [-0.4, -0.2) is 24.9 Å². The van der Waals surface area contributed by atoms with Crippen molar-refractivity contribution < 1.29 is 19.1 Å². The van der Waals surface area contributed by atoms with E-state index in [1.165, 1.54) is 13.2 Å². The van der Waals surface area contributed by atoms with Crippen LogP contribution in [0.15, 0.2) is 24.3 Å². The maximum absolute atomic E-state index is 11.7. The summed E-state index contributed by atoms with van der Waals surface area (Å²) in [5.74, 6) is -1.52. The predicted octanol–water partition coefficient (Wildman–Crippen LogP) is 1.05. The molecule has 0 heterocycles. The molecule has 0 spiro atoms. The van der Waals surface area contributed by atoms with Crippen LogP contribution >= 0.6 is 11.6 Å². The normalized spacial score (nSPS) is 9.58. The molecule has 0 saturated carbocycles. The van der Waals surface area contributed by atoms with Crippen LogP contribution < -0.4 is 10.9 Å². The van der Waals surface area contributed by atoms with Gasteiger partial charge in [-0.2, -0.15) is 0 Å². The molecule has 6 nitrogen and oxygen atoms in total. The highest BCUT2D eigenvalue weighted by Gasteiger charge is 2.11. The number of methoxy groups -OCH3 is 1. The number of halogens is 1. The van der Waals surface area contributed by atoms with Gasteiger partial charge >= 0.3 is 5.97 Å². The fourth-order valence-corrected chi connectivity index (χ4v) is 1.44. The summed E-state index contributed by atoms with van der Waals surface area (Å²) in [6, 6.07) is 6.43. The van der Waals surface area contributed by atoms with Crippen LogP contribution in [-0.2, 0) is 14.3 Å². The minimum Gasteiger partial charge on any atom is -0.469 e. The fourth-order valence-electron chi connectivity index (χ4n) is 1.22. The predicted molar refractivity (Wildman–Crippen MR) is 68.3 cm³/mol. The third-order valence-electron chi connectivity index (χ3n) is 2.22. The molecule has 0 aromatic heterocycles. The second-order valence-corrected chi connectivity index (χ2v) is 3.97. The van der Waals surface area contributed by atoms with E-state index in [1.807, 2.05) is 0 Å². The van der Waals surface area contributed by atoms with Gasteiger partial charge in [0.1, 0.15) is 0 Å². The van der Waals surface area contributed by atoms with Crippen LogP contribution in [0.4, 0.5) is 0 Å². The quantitative estimate of drug-likeness (QED) is 0.639. The zero-order chi connectivity index (χ0) is 14.3. The fraction of sp³-hybridized carbons (Fsp3) is 0.250. The minimum atomic E-state index is -0.531. The first-order valence-corrected chi connectivity index (χ1v) is 5.83. The summed E-state index contributed by atoms with van der Waals surface area (Å²) >= 11 is 5.82. The van der Waals surface area contributed by atoms with Gasteiger partial charge in [0.05, 0.1) is 24.1 Å². The molecule has 0 unspecified atom stereocenters. The minimum absolute atomic E-state index is 0.0513. The zero-order valence-corrected chi connectivity index (χ0v) is 11.0. The van der Waals surface area contributed by atoms with Crippen LogP contribution in [0.3, 0.4) is 0 Å². The first kappa shape index (κ1) is 15.0. The zero-order valence-electron chi connectivity index (χ0n) is 10.2. The van der Waals surface area contributed by atoms with Crippen LogP contribution in [0.5, 0.6) is 0 Å². The number of hydrogen-bond donors (Lipinski definition) is 2. The Balaban J connectivity index is 2.40. The van der Waals surface area contributed by atoms with E-state index >= 15 is 0 Å². The van der Waals surface area contributed by atoms with Gasteiger partial charge in [-0.25, -0.2) is 0 Å². The number of nitrogens with one attached hydrogen (secondary N) is 2. The Morgan fingerprint density at radius 1 is 1.16 bits per heavy atom. The van der Waals surface area contributed by atoms with Crippen LogP contribution in [0.2, 0.25) is 5.02 Å². The van der Waals surface area contributed by atoms with Crippen molar-refractivity contribution in [2.24, 2.45) is 0 Å². The molecular formula is C12H13ClN2O4. The maximum Gasteiger partial charge on any atom is 0.306 e. The van der Waals surface area contributed by atoms with Gasteiger partial charge in [-0.1, -0.05) is 23.7 Å². The molecule has 1 rings (SSSR count). The Bertz CT molecular complexity index is 490. The number of amides is 2. The van der Waals surface area contributed by atoms with Gasteiger partial charge in [-0.3, -0.25) is 25.2 Å². The van der Waals surface area contributed by atoms with Gasteiger partial charge in [-0.05, 0) is 12.1 Å². The molecule has 19 heavy (non-hydrogen) atoms. The smallest absolute Gasteiger partial charge is 0.306 e. The summed E-state index contributed by atoms with van der Waals surface area (Å²) in [4.78, 5) is 33.8. The van der Waals surface area contributed by atoms with Gasteiger partial charge in [0.2, 0.25) is 5.91 Å². The van der Waals surface area contributed by atoms with Gasteiger partial charge in [-0.15, -0.1) is 0 Å². The molecule has 102 valence electrons. The van der Waals surface area contributed by atoms with Gasteiger partial charge in [0, 0.05) is 6.42 Å². The van der Waals surface area contributed by atoms with E-state index in [4.69, 9.17) is 11.6 Å². The largest absolute Gasteiger partial charge is 0.469 e. The van der Waals surface area contributed by atoms with Crippen molar-refractivity contribution in [2.75, 3.05) is 7.11 Å². The summed E-state index contributed by atoms with van der Waals surface area (Å²) in [6.45, 7) is 0. The molecule has 7 heteroatoms. The molecule has 0 aliphatic carbocycles. The lowest BCUT2D eigenvalue weighted by molar-refractivity contribution is -0.142. The third kappa shape index (κ3) is 4.97. The Hall–Kier alpha value is -2.08. The summed E-state index contributed by atoms with van der Waals surface area (Å²) in [5.41, 5.74) is 4.64. The van der Waals surface area contributed by atoms with E-state index < -0.39 is 17.8 Å². The third-order valence-corrected chi connectivity index (χ3v) is 2.55. The Morgan fingerprint density at radius 3 is 2.47 bits per heavy atom. The maximum atomic E-state index is 11.7. The van der Waals surface area contributed by atoms with E-state index in [0.29, 0.717) is 0 Å². The molecule has 0 aliphatic rings. The number of esters is 1. The highest BCUT2D eigenvalue weighted by Crippen LogP contribution is 2.13. The Kier molecular flexibility index (Phi) is 5.81. The van der Waals surface area contributed by atoms with Crippen molar-refractivity contribution in [3.63, 3.8) is 0 Å². The lowest BCUT2D eigenvalue weighted by Gasteiger charge is -2.07. The van der Waals surface area contributed by atoms with Crippen LogP contribution in [0.1, 0.15) is 23.2 Å². The summed E-state index contributed by atoms with van der Waals surface area (Å²) in [7, 11) is 1.24.